The molecular formula is C25H26N2O2. The van der Waals surface area contributed by atoms with Crippen molar-refractivity contribution in [3.05, 3.63) is 84.1 Å². The van der Waals surface area contributed by atoms with Gasteiger partial charge in [0.05, 0.1) is 0 Å². The molecule has 4 heteroatoms. The number of nitrogens with zero attached hydrogens (tertiary/aromatic N) is 1. The van der Waals surface area contributed by atoms with Gasteiger partial charge in [-0.2, -0.15) is 0 Å². The summed E-state index contributed by atoms with van der Waals surface area (Å²) in [5, 5.41) is 3.18. The standard InChI is InChI=1S/C25H26N2O2/c1-18-7-16-24(26-17-18)29-23-14-12-22(13-15-23)27-25(28)21-10-8-20(9-11-21)19-5-3-2-4-6-19/h2-11,16-17,22-23H,12-15H2,1H3,(H,27,28). The fraction of sp³-hybridized carbons (Fsp3) is 0.280. The highest BCUT2D eigenvalue weighted by molar-refractivity contribution is 5.94. The highest BCUT2D eigenvalue weighted by atomic mass is 16.5. The zero-order valence-electron chi connectivity index (χ0n) is 16.7. The molecule has 148 valence electrons. The predicted octanol–water partition coefficient (Wildman–Crippen LogP) is 5.18. The molecule has 1 N–H and O–H groups in total. The zero-order valence-corrected chi connectivity index (χ0v) is 16.7. The smallest absolute Gasteiger partial charge is 0.251 e. The van der Waals surface area contributed by atoms with Crippen molar-refractivity contribution in [1.29, 1.82) is 0 Å². The maximum absolute atomic E-state index is 12.6. The summed E-state index contributed by atoms with van der Waals surface area (Å²) in [4.78, 5) is 16.9. The van der Waals surface area contributed by atoms with Crippen LogP contribution in [0, 0.1) is 6.92 Å². The molecule has 0 radical (unpaired) electrons. The Balaban J connectivity index is 1.28. The van der Waals surface area contributed by atoms with E-state index in [-0.39, 0.29) is 18.1 Å². The van der Waals surface area contributed by atoms with Crippen molar-refractivity contribution in [1.82, 2.24) is 10.3 Å². The van der Waals surface area contributed by atoms with Gasteiger partial charge in [0.25, 0.3) is 5.91 Å². The summed E-state index contributed by atoms with van der Waals surface area (Å²) in [6.45, 7) is 2.01. The van der Waals surface area contributed by atoms with E-state index < -0.39 is 0 Å². The van der Waals surface area contributed by atoms with E-state index in [0.29, 0.717) is 11.4 Å². The van der Waals surface area contributed by atoms with Gasteiger partial charge in [-0.1, -0.05) is 48.5 Å². The second-order valence-electron chi connectivity index (χ2n) is 7.68. The van der Waals surface area contributed by atoms with E-state index in [1.54, 1.807) is 0 Å². The van der Waals surface area contributed by atoms with Gasteiger partial charge in [0, 0.05) is 23.9 Å². The fourth-order valence-electron chi connectivity index (χ4n) is 3.73. The summed E-state index contributed by atoms with van der Waals surface area (Å²) in [5.74, 6) is 0.677. The van der Waals surface area contributed by atoms with Gasteiger partial charge in [-0.15, -0.1) is 0 Å². The van der Waals surface area contributed by atoms with E-state index >= 15 is 0 Å². The second-order valence-corrected chi connectivity index (χ2v) is 7.68. The van der Waals surface area contributed by atoms with E-state index in [1.807, 2.05) is 67.7 Å². The van der Waals surface area contributed by atoms with Crippen LogP contribution in [0.25, 0.3) is 11.1 Å². The number of aromatic nitrogens is 1. The maximum Gasteiger partial charge on any atom is 0.251 e. The lowest BCUT2D eigenvalue weighted by atomic mass is 9.92. The van der Waals surface area contributed by atoms with Crippen molar-refractivity contribution in [3.8, 4) is 17.0 Å². The molecule has 0 bridgehead atoms. The van der Waals surface area contributed by atoms with Gasteiger partial charge in [0.2, 0.25) is 5.88 Å². The Bertz CT molecular complexity index is 929. The van der Waals surface area contributed by atoms with E-state index in [0.717, 1.165) is 42.4 Å². The van der Waals surface area contributed by atoms with Crippen LogP contribution in [0.1, 0.15) is 41.6 Å². The third-order valence-electron chi connectivity index (χ3n) is 5.44. The molecule has 2 aromatic carbocycles. The Kier molecular flexibility index (Phi) is 5.89. The molecule has 3 aromatic rings. The van der Waals surface area contributed by atoms with Crippen molar-refractivity contribution in [2.45, 2.75) is 44.8 Å². The van der Waals surface area contributed by atoms with Crippen LogP contribution in [-0.2, 0) is 0 Å². The minimum atomic E-state index is -0.00539. The highest BCUT2D eigenvalue weighted by Gasteiger charge is 2.24. The molecule has 1 aliphatic carbocycles. The van der Waals surface area contributed by atoms with Crippen molar-refractivity contribution < 1.29 is 9.53 Å². The summed E-state index contributed by atoms with van der Waals surface area (Å²) in [6.07, 6.45) is 5.68. The number of carbonyl (C=O) groups excluding carboxylic acids is 1. The fourth-order valence-corrected chi connectivity index (χ4v) is 3.73. The Hall–Kier alpha value is -3.14. The lowest BCUT2D eigenvalue weighted by molar-refractivity contribution is 0.0890. The third-order valence-corrected chi connectivity index (χ3v) is 5.44. The average molecular weight is 386 g/mol. The van der Waals surface area contributed by atoms with Crippen LogP contribution in [0.2, 0.25) is 0 Å². The minimum absolute atomic E-state index is 0.00539. The van der Waals surface area contributed by atoms with E-state index in [9.17, 15) is 4.79 Å². The Morgan fingerprint density at radius 3 is 2.24 bits per heavy atom. The van der Waals surface area contributed by atoms with Gasteiger partial charge < -0.3 is 10.1 Å². The molecule has 1 saturated carbocycles. The number of carbonyl (C=O) groups is 1. The first kappa shape index (κ1) is 19.2. The molecule has 0 saturated heterocycles. The molecule has 0 atom stereocenters. The van der Waals surface area contributed by atoms with Gasteiger partial charge in [-0.05, 0) is 61.4 Å². The number of aryl methyl sites for hydroxylation is 1. The van der Waals surface area contributed by atoms with Crippen LogP contribution in [0.15, 0.2) is 72.9 Å². The van der Waals surface area contributed by atoms with Gasteiger partial charge in [0.1, 0.15) is 6.10 Å². The van der Waals surface area contributed by atoms with E-state index in [4.69, 9.17) is 4.74 Å². The first-order valence-corrected chi connectivity index (χ1v) is 10.2. The van der Waals surface area contributed by atoms with Crippen molar-refractivity contribution in [3.63, 3.8) is 0 Å². The molecule has 1 heterocycles. The molecule has 1 amide bonds. The minimum Gasteiger partial charge on any atom is -0.474 e. The summed E-state index contributed by atoms with van der Waals surface area (Å²) in [5.41, 5.74) is 4.10. The summed E-state index contributed by atoms with van der Waals surface area (Å²) in [6, 6.07) is 22.1. The molecule has 1 fully saturated rings. The molecule has 0 unspecified atom stereocenters. The normalized spacial score (nSPS) is 18.8. The lowest BCUT2D eigenvalue weighted by Gasteiger charge is -2.29. The van der Waals surface area contributed by atoms with Crippen LogP contribution in [-0.4, -0.2) is 23.0 Å². The number of ether oxygens (including phenoxy) is 1. The first-order chi connectivity index (χ1) is 14.2. The van der Waals surface area contributed by atoms with Gasteiger partial charge in [-0.3, -0.25) is 4.79 Å². The number of pyridine rings is 1. The Labute approximate surface area is 172 Å². The number of nitrogens with one attached hydrogen (secondary N) is 1. The second kappa shape index (κ2) is 8.91. The number of benzene rings is 2. The summed E-state index contributed by atoms with van der Waals surface area (Å²) < 4.78 is 5.98. The van der Waals surface area contributed by atoms with Crippen LogP contribution in [0.4, 0.5) is 0 Å². The topological polar surface area (TPSA) is 51.2 Å². The molecule has 0 aliphatic heterocycles. The van der Waals surface area contributed by atoms with Crippen LogP contribution < -0.4 is 10.1 Å². The molecule has 1 aromatic heterocycles. The predicted molar refractivity (Wildman–Crippen MR) is 115 cm³/mol. The molecule has 29 heavy (non-hydrogen) atoms. The van der Waals surface area contributed by atoms with Gasteiger partial charge >= 0.3 is 0 Å². The average Bonchev–Trinajstić information content (AvgIpc) is 2.77. The van der Waals surface area contributed by atoms with Crippen LogP contribution in [0.3, 0.4) is 0 Å². The number of hydrogen-bond donors (Lipinski definition) is 1. The molecule has 1 aliphatic rings. The van der Waals surface area contributed by atoms with Gasteiger partial charge in [0.15, 0.2) is 0 Å². The van der Waals surface area contributed by atoms with Crippen LogP contribution in [0.5, 0.6) is 5.88 Å². The molecular weight excluding hydrogens is 360 g/mol. The monoisotopic (exact) mass is 386 g/mol. The maximum atomic E-state index is 12.6. The number of amides is 1. The third kappa shape index (κ3) is 5.02. The first-order valence-electron chi connectivity index (χ1n) is 10.2. The van der Waals surface area contributed by atoms with Crippen molar-refractivity contribution in [2.75, 3.05) is 0 Å². The summed E-state index contributed by atoms with van der Waals surface area (Å²) >= 11 is 0. The van der Waals surface area contributed by atoms with Gasteiger partial charge in [-0.25, -0.2) is 4.98 Å². The summed E-state index contributed by atoms with van der Waals surface area (Å²) in [7, 11) is 0. The van der Waals surface area contributed by atoms with E-state index in [2.05, 4.69) is 22.4 Å². The largest absolute Gasteiger partial charge is 0.474 e. The SMILES string of the molecule is Cc1ccc(OC2CCC(NC(=O)c3ccc(-c4ccccc4)cc3)CC2)nc1. The molecule has 0 spiro atoms. The van der Waals surface area contributed by atoms with Crippen molar-refractivity contribution >= 4 is 5.91 Å². The lowest BCUT2D eigenvalue weighted by Crippen LogP contribution is -2.39. The van der Waals surface area contributed by atoms with Crippen LogP contribution >= 0.6 is 0 Å². The zero-order chi connectivity index (χ0) is 20.1. The molecule has 4 nitrogen and oxygen atoms in total. The Morgan fingerprint density at radius 1 is 0.897 bits per heavy atom. The number of hydrogen-bond acceptors (Lipinski definition) is 3. The van der Waals surface area contributed by atoms with Crippen molar-refractivity contribution in [2.24, 2.45) is 0 Å². The molecule has 4 rings (SSSR count). The highest BCUT2D eigenvalue weighted by Crippen LogP contribution is 2.24. The Morgan fingerprint density at radius 2 is 1.59 bits per heavy atom. The number of rotatable bonds is 5. The quantitative estimate of drug-likeness (QED) is 0.657. The van der Waals surface area contributed by atoms with E-state index in [1.165, 1.54) is 0 Å².